The van der Waals surface area contributed by atoms with Gasteiger partial charge in [-0.1, -0.05) is 6.92 Å². The molecular formula is C10H16BrN3. The van der Waals surface area contributed by atoms with Crippen LogP contribution < -0.4 is 0 Å². The molecule has 0 spiro atoms. The largest absolute Gasteiger partial charge is 0.301 e. The van der Waals surface area contributed by atoms with Crippen LogP contribution in [0.15, 0.2) is 16.9 Å². The number of hydrogen-bond donors (Lipinski definition) is 0. The summed E-state index contributed by atoms with van der Waals surface area (Å²) in [5.74, 6) is 0. The molecule has 0 amide bonds. The Labute approximate surface area is 93.2 Å². The molecule has 1 aromatic rings. The zero-order chi connectivity index (χ0) is 9.97. The van der Waals surface area contributed by atoms with E-state index in [1.165, 1.54) is 19.4 Å². The molecule has 3 nitrogen and oxygen atoms in total. The average Bonchev–Trinajstić information content (AvgIpc) is 2.65. The first-order chi connectivity index (χ1) is 6.81. The predicted octanol–water partition coefficient (Wildman–Crippen LogP) is 2.30. The molecule has 0 saturated carbocycles. The second-order valence-electron chi connectivity index (χ2n) is 3.79. The monoisotopic (exact) mass is 257 g/mol. The van der Waals surface area contributed by atoms with Crippen LogP contribution in [0.2, 0.25) is 0 Å². The summed E-state index contributed by atoms with van der Waals surface area (Å²) in [6, 6.07) is 2.55. The molecule has 1 saturated heterocycles. The molecule has 2 heterocycles. The van der Waals surface area contributed by atoms with Gasteiger partial charge in [0.1, 0.15) is 4.60 Å². The van der Waals surface area contributed by atoms with Gasteiger partial charge in [0, 0.05) is 6.54 Å². The molecule has 0 bridgehead atoms. The summed E-state index contributed by atoms with van der Waals surface area (Å²) in [5, 5.41) is 4.35. The molecule has 1 fully saturated rings. The van der Waals surface area contributed by atoms with Crippen LogP contribution in [-0.4, -0.2) is 34.3 Å². The zero-order valence-electron chi connectivity index (χ0n) is 8.49. The lowest BCUT2D eigenvalue weighted by molar-refractivity contribution is 0.176. The molecule has 14 heavy (non-hydrogen) atoms. The van der Waals surface area contributed by atoms with Crippen LogP contribution in [0.4, 0.5) is 0 Å². The number of likely N-dealkylation sites (tertiary alicyclic amines) is 1. The van der Waals surface area contributed by atoms with Crippen molar-refractivity contribution in [2.45, 2.75) is 25.8 Å². The fourth-order valence-electron chi connectivity index (χ4n) is 2.08. The molecule has 1 aromatic heterocycles. The van der Waals surface area contributed by atoms with Gasteiger partial charge in [-0.05, 0) is 47.9 Å². The summed E-state index contributed by atoms with van der Waals surface area (Å²) < 4.78 is 3.20. The van der Waals surface area contributed by atoms with E-state index in [9.17, 15) is 0 Å². The van der Waals surface area contributed by atoms with Crippen LogP contribution in [0.1, 0.15) is 25.8 Å². The van der Waals surface area contributed by atoms with Crippen LogP contribution in [-0.2, 0) is 0 Å². The van der Waals surface area contributed by atoms with E-state index in [2.05, 4.69) is 37.5 Å². The van der Waals surface area contributed by atoms with E-state index in [1.54, 1.807) is 0 Å². The molecular weight excluding hydrogens is 242 g/mol. The van der Waals surface area contributed by atoms with Gasteiger partial charge in [0.15, 0.2) is 0 Å². The van der Waals surface area contributed by atoms with E-state index in [0.29, 0.717) is 6.04 Å². The highest BCUT2D eigenvalue weighted by atomic mass is 79.9. The maximum Gasteiger partial charge on any atom is 0.104 e. The molecule has 0 radical (unpaired) electrons. The van der Waals surface area contributed by atoms with Crippen LogP contribution >= 0.6 is 15.9 Å². The molecule has 4 heteroatoms. The van der Waals surface area contributed by atoms with Crippen molar-refractivity contribution < 1.29 is 0 Å². The van der Waals surface area contributed by atoms with Gasteiger partial charge in [-0.15, -0.1) is 0 Å². The van der Waals surface area contributed by atoms with E-state index in [4.69, 9.17) is 0 Å². The SMILES string of the molecule is CCN1CCCC(n2nccc2Br)C1. The maximum atomic E-state index is 4.35. The van der Waals surface area contributed by atoms with E-state index in [1.807, 2.05) is 12.3 Å². The third-order valence-corrected chi connectivity index (χ3v) is 3.52. The Hall–Kier alpha value is -0.350. The van der Waals surface area contributed by atoms with Gasteiger partial charge in [-0.3, -0.25) is 4.68 Å². The molecule has 2 rings (SSSR count). The minimum atomic E-state index is 0.549. The zero-order valence-corrected chi connectivity index (χ0v) is 10.1. The van der Waals surface area contributed by atoms with E-state index >= 15 is 0 Å². The number of likely N-dealkylation sites (N-methyl/N-ethyl adjacent to an activating group) is 1. The summed E-state index contributed by atoms with van der Waals surface area (Å²) in [5.41, 5.74) is 0. The lowest BCUT2D eigenvalue weighted by atomic mass is 10.1. The fourth-order valence-corrected chi connectivity index (χ4v) is 2.58. The molecule has 1 atom stereocenters. The van der Waals surface area contributed by atoms with Gasteiger partial charge in [0.2, 0.25) is 0 Å². The first-order valence-electron chi connectivity index (χ1n) is 5.22. The molecule has 1 aliphatic rings. The van der Waals surface area contributed by atoms with Gasteiger partial charge in [0.25, 0.3) is 0 Å². The summed E-state index contributed by atoms with van der Waals surface area (Å²) in [6.07, 6.45) is 4.39. The van der Waals surface area contributed by atoms with E-state index in [0.717, 1.165) is 17.7 Å². The Morgan fingerprint density at radius 1 is 1.64 bits per heavy atom. The van der Waals surface area contributed by atoms with Gasteiger partial charge >= 0.3 is 0 Å². The molecule has 0 aliphatic carbocycles. The second kappa shape index (κ2) is 4.45. The minimum absolute atomic E-state index is 0.549. The Morgan fingerprint density at radius 3 is 3.14 bits per heavy atom. The van der Waals surface area contributed by atoms with Crippen molar-refractivity contribution in [3.05, 3.63) is 16.9 Å². The fraction of sp³-hybridized carbons (Fsp3) is 0.700. The van der Waals surface area contributed by atoms with Crippen LogP contribution in [0, 0.1) is 0 Å². The van der Waals surface area contributed by atoms with Crippen LogP contribution in [0.5, 0.6) is 0 Å². The minimum Gasteiger partial charge on any atom is -0.301 e. The van der Waals surface area contributed by atoms with Crippen LogP contribution in [0.3, 0.4) is 0 Å². The molecule has 78 valence electrons. The van der Waals surface area contributed by atoms with Crippen molar-refractivity contribution in [3.8, 4) is 0 Å². The Balaban J connectivity index is 2.08. The maximum absolute atomic E-state index is 4.35. The standard InChI is InChI=1S/C10H16BrN3/c1-2-13-7-3-4-9(8-13)14-10(11)5-6-12-14/h5-6,9H,2-4,7-8H2,1H3. The highest BCUT2D eigenvalue weighted by Crippen LogP contribution is 2.24. The molecule has 0 N–H and O–H groups in total. The molecule has 1 unspecified atom stereocenters. The third-order valence-electron chi connectivity index (χ3n) is 2.90. The van der Waals surface area contributed by atoms with Crippen molar-refractivity contribution in [2.75, 3.05) is 19.6 Å². The normalized spacial score (nSPS) is 24.0. The Bertz CT molecular complexity index is 297. The summed E-state index contributed by atoms with van der Waals surface area (Å²) in [7, 11) is 0. The van der Waals surface area contributed by atoms with Crippen molar-refractivity contribution in [1.29, 1.82) is 0 Å². The molecule has 0 aromatic carbocycles. The second-order valence-corrected chi connectivity index (χ2v) is 4.60. The smallest absolute Gasteiger partial charge is 0.104 e. The first kappa shape index (κ1) is 10.2. The van der Waals surface area contributed by atoms with Gasteiger partial charge in [0.05, 0.1) is 12.2 Å². The Morgan fingerprint density at radius 2 is 2.50 bits per heavy atom. The summed E-state index contributed by atoms with van der Waals surface area (Å²) >= 11 is 3.53. The van der Waals surface area contributed by atoms with Gasteiger partial charge in [-0.25, -0.2) is 0 Å². The van der Waals surface area contributed by atoms with Gasteiger partial charge < -0.3 is 4.90 Å². The van der Waals surface area contributed by atoms with Crippen molar-refractivity contribution >= 4 is 15.9 Å². The third kappa shape index (κ3) is 2.01. The Kier molecular flexibility index (Phi) is 3.23. The lowest BCUT2D eigenvalue weighted by Crippen LogP contribution is -2.36. The molecule has 1 aliphatic heterocycles. The number of nitrogens with zero attached hydrogens (tertiary/aromatic N) is 3. The number of piperidine rings is 1. The lowest BCUT2D eigenvalue weighted by Gasteiger charge is -2.32. The summed E-state index contributed by atoms with van der Waals surface area (Å²) in [6.45, 7) is 5.75. The quantitative estimate of drug-likeness (QED) is 0.811. The van der Waals surface area contributed by atoms with Crippen molar-refractivity contribution in [3.63, 3.8) is 0 Å². The summed E-state index contributed by atoms with van der Waals surface area (Å²) in [4.78, 5) is 2.49. The number of aromatic nitrogens is 2. The first-order valence-corrected chi connectivity index (χ1v) is 6.02. The van der Waals surface area contributed by atoms with Crippen molar-refractivity contribution in [2.24, 2.45) is 0 Å². The number of hydrogen-bond acceptors (Lipinski definition) is 2. The van der Waals surface area contributed by atoms with Gasteiger partial charge in [-0.2, -0.15) is 5.10 Å². The number of halogens is 1. The van der Waals surface area contributed by atoms with Crippen LogP contribution in [0.25, 0.3) is 0 Å². The number of rotatable bonds is 2. The van der Waals surface area contributed by atoms with E-state index in [-0.39, 0.29) is 0 Å². The topological polar surface area (TPSA) is 21.1 Å². The predicted molar refractivity (Wildman–Crippen MR) is 60.3 cm³/mol. The highest BCUT2D eigenvalue weighted by Gasteiger charge is 2.21. The van der Waals surface area contributed by atoms with E-state index < -0.39 is 0 Å². The highest BCUT2D eigenvalue weighted by molar-refractivity contribution is 9.10. The average molecular weight is 258 g/mol. The van der Waals surface area contributed by atoms with Crippen molar-refractivity contribution in [1.82, 2.24) is 14.7 Å².